The zero-order valence-corrected chi connectivity index (χ0v) is 17.0. The molecule has 21 heavy (non-hydrogen) atoms. The van der Waals surface area contributed by atoms with Crippen molar-refractivity contribution in [1.29, 1.82) is 0 Å². The molecule has 2 nitrogen and oxygen atoms in total. The summed E-state index contributed by atoms with van der Waals surface area (Å²) in [5, 5.41) is 0. The Morgan fingerprint density at radius 2 is 1.52 bits per heavy atom. The van der Waals surface area contributed by atoms with Crippen molar-refractivity contribution >= 4 is 28.9 Å². The van der Waals surface area contributed by atoms with Crippen molar-refractivity contribution < 1.29 is 9.47 Å². The summed E-state index contributed by atoms with van der Waals surface area (Å²) in [7, 11) is 3.55. The van der Waals surface area contributed by atoms with E-state index in [0.717, 1.165) is 50.1 Å². The molecule has 0 rings (SSSR count). The summed E-state index contributed by atoms with van der Waals surface area (Å²) in [6.07, 6.45) is 7.21. The van der Waals surface area contributed by atoms with Gasteiger partial charge in [-0.1, -0.05) is 26.7 Å². The average molecular weight is 357 g/mol. The first-order valence-electron chi connectivity index (χ1n) is 8.28. The first kappa shape index (κ1) is 21.7. The molecular weight excluding hydrogens is 323 g/mol. The van der Waals surface area contributed by atoms with Crippen LogP contribution in [0.25, 0.3) is 0 Å². The van der Waals surface area contributed by atoms with Crippen LogP contribution >= 0.6 is 22.2 Å². The zero-order valence-electron chi connectivity index (χ0n) is 14.5. The fraction of sp³-hybridized carbons (Fsp3) is 1.00. The van der Waals surface area contributed by atoms with Gasteiger partial charge in [0.25, 0.3) is 6.69 Å². The van der Waals surface area contributed by atoms with Crippen LogP contribution in [0.15, 0.2) is 0 Å². The van der Waals surface area contributed by atoms with E-state index < -0.39 is 6.69 Å². The Morgan fingerprint density at radius 3 is 2.05 bits per heavy atom. The monoisotopic (exact) mass is 356 g/mol. The number of ether oxygens (including phenoxy) is 2. The van der Waals surface area contributed by atoms with E-state index >= 15 is 0 Å². The highest BCUT2D eigenvalue weighted by Gasteiger charge is 2.29. The summed E-state index contributed by atoms with van der Waals surface area (Å²) in [5.74, 6) is 0.725. The van der Waals surface area contributed by atoms with Gasteiger partial charge in [-0.2, -0.15) is 0 Å². The summed E-state index contributed by atoms with van der Waals surface area (Å²) < 4.78 is 10.8. The van der Waals surface area contributed by atoms with Crippen LogP contribution < -0.4 is 0 Å². The Kier molecular flexibility index (Phi) is 12.6. The van der Waals surface area contributed by atoms with E-state index in [-0.39, 0.29) is 6.10 Å². The zero-order chi connectivity index (χ0) is 16.3. The second-order valence-electron chi connectivity index (χ2n) is 6.28. The third-order valence-electron chi connectivity index (χ3n) is 4.40. The molecule has 1 unspecified atom stereocenters. The topological polar surface area (TPSA) is 18.5 Å². The lowest BCUT2D eigenvalue weighted by atomic mass is 10.1. The van der Waals surface area contributed by atoms with Crippen LogP contribution in [0, 0.1) is 5.92 Å². The number of hydrogen-bond donors (Lipinski definition) is 0. The molecule has 0 aromatic heterocycles. The van der Waals surface area contributed by atoms with E-state index in [1.54, 1.807) is 14.2 Å². The SMILES string of the molecule is CC[C@H](C)CC[Si](Cl)(Cl)CC[C@H](CCCC(C)OC)OC. The van der Waals surface area contributed by atoms with Crippen molar-refractivity contribution in [2.75, 3.05) is 14.2 Å². The van der Waals surface area contributed by atoms with Crippen LogP contribution in [0.1, 0.15) is 59.3 Å². The molecule has 0 radical (unpaired) electrons. The first-order chi connectivity index (χ1) is 9.84. The molecule has 0 aliphatic carbocycles. The average Bonchev–Trinajstić information content (AvgIpc) is 2.47. The molecule has 0 aromatic carbocycles. The van der Waals surface area contributed by atoms with Crippen LogP contribution in [0.4, 0.5) is 0 Å². The Hall–Kier alpha value is 0.717. The van der Waals surface area contributed by atoms with E-state index in [9.17, 15) is 0 Å². The quantitative estimate of drug-likeness (QED) is 0.299. The van der Waals surface area contributed by atoms with Crippen LogP contribution in [0.5, 0.6) is 0 Å². The molecule has 0 saturated heterocycles. The van der Waals surface area contributed by atoms with Crippen LogP contribution in [-0.2, 0) is 9.47 Å². The molecule has 0 fully saturated rings. The minimum atomic E-state index is -2.09. The molecule has 3 atom stereocenters. The Bertz CT molecular complexity index is 252. The summed E-state index contributed by atoms with van der Waals surface area (Å²) in [5.41, 5.74) is 0. The highest BCUT2D eigenvalue weighted by Crippen LogP contribution is 2.32. The van der Waals surface area contributed by atoms with E-state index in [1.807, 2.05) is 0 Å². The van der Waals surface area contributed by atoms with Gasteiger partial charge in [0.15, 0.2) is 0 Å². The molecule has 0 spiro atoms. The van der Waals surface area contributed by atoms with Gasteiger partial charge in [0, 0.05) is 14.2 Å². The maximum atomic E-state index is 6.57. The van der Waals surface area contributed by atoms with Gasteiger partial charge in [0.2, 0.25) is 0 Å². The van der Waals surface area contributed by atoms with Crippen molar-refractivity contribution in [2.45, 2.75) is 83.6 Å². The van der Waals surface area contributed by atoms with E-state index in [0.29, 0.717) is 6.10 Å². The summed E-state index contributed by atoms with van der Waals surface area (Å²) >= 11 is 13.1. The summed E-state index contributed by atoms with van der Waals surface area (Å²) in [6, 6.07) is 1.94. The largest absolute Gasteiger partial charge is 0.382 e. The first-order valence-corrected chi connectivity index (χ1v) is 12.7. The molecule has 0 bridgehead atoms. The van der Waals surface area contributed by atoms with Crippen molar-refractivity contribution in [3.05, 3.63) is 0 Å². The van der Waals surface area contributed by atoms with Crippen LogP contribution in [0.3, 0.4) is 0 Å². The van der Waals surface area contributed by atoms with E-state index in [4.69, 9.17) is 31.6 Å². The van der Waals surface area contributed by atoms with Gasteiger partial charge in [-0.3, -0.25) is 0 Å². The smallest absolute Gasteiger partial charge is 0.251 e. The standard InChI is InChI=1S/C16H34Cl2O2Si/c1-6-14(2)10-12-21(17,18)13-11-16(20-5)9-7-8-15(3)19-4/h14-16H,6-13H2,1-5H3/t14-,15?,16-/m0/s1. The van der Waals surface area contributed by atoms with Crippen molar-refractivity contribution in [3.63, 3.8) is 0 Å². The summed E-state index contributed by atoms with van der Waals surface area (Å²) in [4.78, 5) is 0. The van der Waals surface area contributed by atoms with Gasteiger partial charge in [-0.05, 0) is 50.6 Å². The van der Waals surface area contributed by atoms with Gasteiger partial charge >= 0.3 is 0 Å². The van der Waals surface area contributed by atoms with Crippen LogP contribution in [0.2, 0.25) is 12.1 Å². The van der Waals surface area contributed by atoms with Gasteiger partial charge in [-0.25, -0.2) is 0 Å². The van der Waals surface area contributed by atoms with Gasteiger partial charge in [0.05, 0.1) is 12.2 Å². The van der Waals surface area contributed by atoms with Gasteiger partial charge < -0.3 is 9.47 Å². The minimum Gasteiger partial charge on any atom is -0.382 e. The molecule has 0 aliphatic rings. The number of hydrogen-bond acceptors (Lipinski definition) is 2. The molecule has 128 valence electrons. The molecule has 0 saturated carbocycles. The van der Waals surface area contributed by atoms with Crippen molar-refractivity contribution in [1.82, 2.24) is 0 Å². The fourth-order valence-electron chi connectivity index (χ4n) is 2.29. The Labute approximate surface area is 142 Å². The van der Waals surface area contributed by atoms with E-state index in [1.165, 1.54) is 6.42 Å². The summed E-state index contributed by atoms with van der Waals surface area (Å²) in [6.45, 7) is 4.51. The molecule has 0 amide bonds. The fourth-order valence-corrected chi connectivity index (χ4v) is 5.51. The molecule has 0 N–H and O–H groups in total. The lowest BCUT2D eigenvalue weighted by molar-refractivity contribution is 0.0758. The third kappa shape index (κ3) is 11.9. The number of methoxy groups -OCH3 is 2. The lowest BCUT2D eigenvalue weighted by Crippen LogP contribution is -2.23. The Morgan fingerprint density at radius 1 is 0.905 bits per heavy atom. The molecule has 5 heteroatoms. The number of halogens is 2. The predicted molar refractivity (Wildman–Crippen MR) is 96.9 cm³/mol. The van der Waals surface area contributed by atoms with Crippen LogP contribution in [-0.4, -0.2) is 33.1 Å². The molecular formula is C16H34Cl2O2Si. The number of rotatable bonds is 13. The normalized spacial score (nSPS) is 16.7. The van der Waals surface area contributed by atoms with Gasteiger partial charge in [0.1, 0.15) is 0 Å². The second kappa shape index (κ2) is 12.2. The van der Waals surface area contributed by atoms with Gasteiger partial charge in [-0.15, -0.1) is 22.2 Å². The van der Waals surface area contributed by atoms with Crippen molar-refractivity contribution in [2.24, 2.45) is 5.92 Å². The highest BCUT2D eigenvalue weighted by atomic mass is 35.7. The predicted octanol–water partition coefficient (Wildman–Crippen LogP) is 5.95. The lowest BCUT2D eigenvalue weighted by Gasteiger charge is -2.22. The minimum absolute atomic E-state index is 0.280. The third-order valence-corrected chi connectivity index (χ3v) is 8.71. The molecule has 0 heterocycles. The molecule has 0 aromatic rings. The molecule has 0 aliphatic heterocycles. The Balaban J connectivity index is 3.96. The maximum absolute atomic E-state index is 6.57. The second-order valence-corrected chi connectivity index (χ2v) is 13.9. The van der Waals surface area contributed by atoms with Crippen molar-refractivity contribution in [3.8, 4) is 0 Å². The highest BCUT2D eigenvalue weighted by molar-refractivity contribution is 7.45. The van der Waals surface area contributed by atoms with E-state index in [2.05, 4.69) is 20.8 Å². The maximum Gasteiger partial charge on any atom is 0.251 e.